The van der Waals surface area contributed by atoms with Crippen LogP contribution in [0.5, 0.6) is 5.75 Å². The largest absolute Gasteiger partial charge is 0.506 e. The summed E-state index contributed by atoms with van der Waals surface area (Å²) >= 11 is 0. The van der Waals surface area contributed by atoms with Crippen LogP contribution < -0.4 is 5.56 Å². The number of phenolic OH excluding ortho intramolecular Hbond substituents is 1. The standard InChI is InChI=1S/C9H7NO2.Al/c11-7-3-1-2-6-4-5-8(12)10-9(6)7;/h1-5,11H,(H,10,12);. The Morgan fingerprint density at radius 1 is 1.15 bits per heavy atom. The van der Waals surface area contributed by atoms with Crippen LogP contribution in [0.25, 0.3) is 10.9 Å². The Morgan fingerprint density at radius 3 is 2.69 bits per heavy atom. The van der Waals surface area contributed by atoms with Crippen molar-refractivity contribution < 1.29 is 5.11 Å². The molecular formula is C9H7AlNO2. The Balaban J connectivity index is 0.000000845. The predicted molar refractivity (Wildman–Crippen MR) is 52.0 cm³/mol. The van der Waals surface area contributed by atoms with Crippen molar-refractivity contribution in [2.24, 2.45) is 0 Å². The molecule has 63 valence electrons. The van der Waals surface area contributed by atoms with Crippen LogP contribution in [0.2, 0.25) is 0 Å². The van der Waals surface area contributed by atoms with E-state index in [1.54, 1.807) is 12.1 Å². The molecule has 0 unspecified atom stereocenters. The molecule has 1 heterocycles. The van der Waals surface area contributed by atoms with Gasteiger partial charge in [-0.3, -0.25) is 4.79 Å². The molecule has 0 aliphatic heterocycles. The number of phenols is 1. The lowest BCUT2D eigenvalue weighted by Gasteiger charge is -1.97. The number of hydrogen-bond donors (Lipinski definition) is 2. The molecule has 0 atom stereocenters. The van der Waals surface area contributed by atoms with Crippen molar-refractivity contribution in [3.63, 3.8) is 0 Å². The van der Waals surface area contributed by atoms with Gasteiger partial charge in [0.05, 0.1) is 5.52 Å². The van der Waals surface area contributed by atoms with Gasteiger partial charge in [-0.15, -0.1) is 0 Å². The van der Waals surface area contributed by atoms with Crippen LogP contribution >= 0.6 is 0 Å². The van der Waals surface area contributed by atoms with E-state index in [1.165, 1.54) is 12.1 Å². The zero-order valence-electron chi connectivity index (χ0n) is 6.82. The Labute approximate surface area is 85.2 Å². The van der Waals surface area contributed by atoms with Gasteiger partial charge in [-0.1, -0.05) is 12.1 Å². The lowest BCUT2D eigenvalue weighted by Crippen LogP contribution is -2.01. The van der Waals surface area contributed by atoms with Crippen molar-refractivity contribution in [1.82, 2.24) is 4.98 Å². The van der Waals surface area contributed by atoms with Crippen LogP contribution in [0, 0.1) is 0 Å². The Bertz CT molecular complexity index is 478. The number of rotatable bonds is 0. The van der Waals surface area contributed by atoms with E-state index in [9.17, 15) is 9.90 Å². The van der Waals surface area contributed by atoms with E-state index >= 15 is 0 Å². The fraction of sp³-hybridized carbons (Fsp3) is 0. The lowest BCUT2D eigenvalue weighted by atomic mass is 10.2. The number of aromatic hydroxyl groups is 1. The van der Waals surface area contributed by atoms with Crippen molar-refractivity contribution >= 4 is 28.3 Å². The molecule has 0 fully saturated rings. The number of fused-ring (bicyclic) bond motifs is 1. The number of aromatic nitrogens is 1. The summed E-state index contributed by atoms with van der Waals surface area (Å²) in [5.41, 5.74) is 0.286. The second-order valence-electron chi connectivity index (χ2n) is 2.56. The number of aromatic amines is 1. The maximum atomic E-state index is 10.9. The van der Waals surface area contributed by atoms with E-state index in [-0.39, 0.29) is 28.7 Å². The zero-order valence-corrected chi connectivity index (χ0v) is 7.97. The van der Waals surface area contributed by atoms with E-state index in [1.807, 2.05) is 6.07 Å². The van der Waals surface area contributed by atoms with Crippen molar-refractivity contribution in [3.05, 3.63) is 40.7 Å². The molecule has 0 aliphatic rings. The van der Waals surface area contributed by atoms with Gasteiger partial charge in [-0.05, 0) is 12.1 Å². The molecule has 0 saturated heterocycles. The second kappa shape index (κ2) is 3.65. The van der Waals surface area contributed by atoms with Crippen LogP contribution in [-0.4, -0.2) is 27.5 Å². The van der Waals surface area contributed by atoms with Crippen molar-refractivity contribution in [1.29, 1.82) is 0 Å². The predicted octanol–water partition coefficient (Wildman–Crippen LogP) is 0.853. The smallest absolute Gasteiger partial charge is 0.248 e. The molecule has 2 rings (SSSR count). The quantitative estimate of drug-likeness (QED) is 0.602. The highest BCUT2D eigenvalue weighted by Crippen LogP contribution is 2.19. The summed E-state index contributed by atoms with van der Waals surface area (Å²) in [6.45, 7) is 0. The first-order chi connectivity index (χ1) is 5.77. The summed E-state index contributed by atoms with van der Waals surface area (Å²) < 4.78 is 0. The Hall–Kier alpha value is -1.24. The number of para-hydroxylation sites is 1. The third kappa shape index (κ3) is 1.74. The minimum Gasteiger partial charge on any atom is -0.506 e. The lowest BCUT2D eigenvalue weighted by molar-refractivity contribution is 0.480. The van der Waals surface area contributed by atoms with E-state index in [2.05, 4.69) is 4.98 Å². The average molecular weight is 188 g/mol. The highest BCUT2D eigenvalue weighted by molar-refractivity contribution is 5.83. The number of benzene rings is 1. The van der Waals surface area contributed by atoms with Gasteiger partial charge in [-0.25, -0.2) is 0 Å². The number of nitrogens with one attached hydrogen (secondary N) is 1. The Kier molecular flexibility index (Phi) is 2.77. The number of hydrogen-bond acceptors (Lipinski definition) is 2. The summed E-state index contributed by atoms with van der Waals surface area (Å²) in [5.74, 6) is 0.102. The summed E-state index contributed by atoms with van der Waals surface area (Å²) in [6, 6.07) is 8.20. The van der Waals surface area contributed by atoms with E-state index in [0.717, 1.165) is 5.39 Å². The third-order valence-corrected chi connectivity index (χ3v) is 1.74. The van der Waals surface area contributed by atoms with Crippen LogP contribution in [0.4, 0.5) is 0 Å². The highest BCUT2D eigenvalue weighted by Gasteiger charge is 1.97. The minimum absolute atomic E-state index is 0. The van der Waals surface area contributed by atoms with Gasteiger partial charge in [0, 0.05) is 28.8 Å². The summed E-state index contributed by atoms with van der Waals surface area (Å²) in [5, 5.41) is 10.2. The fourth-order valence-electron chi connectivity index (χ4n) is 1.16. The molecule has 1 aromatic heterocycles. The number of H-pyrrole nitrogens is 1. The van der Waals surface area contributed by atoms with Gasteiger partial charge in [0.25, 0.3) is 0 Å². The first-order valence-corrected chi connectivity index (χ1v) is 3.58. The molecule has 3 nitrogen and oxygen atoms in total. The molecule has 2 N–H and O–H groups in total. The van der Waals surface area contributed by atoms with Crippen molar-refractivity contribution in [3.8, 4) is 5.75 Å². The summed E-state index contributed by atoms with van der Waals surface area (Å²) in [7, 11) is 0. The monoisotopic (exact) mass is 188 g/mol. The number of pyridine rings is 1. The molecule has 2 aromatic rings. The molecule has 4 heteroatoms. The van der Waals surface area contributed by atoms with Crippen molar-refractivity contribution in [2.75, 3.05) is 0 Å². The molecule has 3 radical (unpaired) electrons. The first-order valence-electron chi connectivity index (χ1n) is 3.58. The van der Waals surface area contributed by atoms with E-state index in [0.29, 0.717) is 5.52 Å². The molecule has 1 aromatic carbocycles. The third-order valence-electron chi connectivity index (χ3n) is 1.74. The van der Waals surface area contributed by atoms with Crippen molar-refractivity contribution in [2.45, 2.75) is 0 Å². The summed E-state index contributed by atoms with van der Waals surface area (Å²) in [4.78, 5) is 13.4. The average Bonchev–Trinajstić information content (AvgIpc) is 2.07. The highest BCUT2D eigenvalue weighted by atomic mass is 27.0. The first kappa shape index (κ1) is 9.85. The molecule has 0 amide bonds. The topological polar surface area (TPSA) is 53.1 Å². The van der Waals surface area contributed by atoms with Gasteiger partial charge in [0.1, 0.15) is 5.75 Å². The zero-order chi connectivity index (χ0) is 8.55. The maximum Gasteiger partial charge on any atom is 0.248 e. The molecule has 0 spiro atoms. The SMILES string of the molecule is O=c1ccc2cccc(O)c2[nH]1.[Al]. The van der Waals surface area contributed by atoms with Gasteiger partial charge in [0.2, 0.25) is 5.56 Å². The van der Waals surface area contributed by atoms with E-state index in [4.69, 9.17) is 0 Å². The fourth-order valence-corrected chi connectivity index (χ4v) is 1.16. The van der Waals surface area contributed by atoms with Crippen LogP contribution in [-0.2, 0) is 0 Å². The normalized spacial score (nSPS) is 9.54. The van der Waals surface area contributed by atoms with Gasteiger partial charge in [0.15, 0.2) is 0 Å². The van der Waals surface area contributed by atoms with Gasteiger partial charge < -0.3 is 10.1 Å². The van der Waals surface area contributed by atoms with Crippen LogP contribution in [0.15, 0.2) is 35.1 Å². The minimum atomic E-state index is -0.205. The second-order valence-corrected chi connectivity index (χ2v) is 2.56. The molecular weight excluding hydrogens is 181 g/mol. The summed E-state index contributed by atoms with van der Waals surface area (Å²) in [6.07, 6.45) is 0. The molecule has 0 saturated carbocycles. The van der Waals surface area contributed by atoms with Gasteiger partial charge in [-0.2, -0.15) is 0 Å². The molecule has 0 aliphatic carbocycles. The Morgan fingerprint density at radius 2 is 1.92 bits per heavy atom. The van der Waals surface area contributed by atoms with Crippen LogP contribution in [0.3, 0.4) is 0 Å². The maximum absolute atomic E-state index is 10.9. The van der Waals surface area contributed by atoms with Gasteiger partial charge >= 0.3 is 0 Å². The molecule has 13 heavy (non-hydrogen) atoms. The molecule has 0 bridgehead atoms. The van der Waals surface area contributed by atoms with E-state index < -0.39 is 0 Å². The van der Waals surface area contributed by atoms with Crippen LogP contribution in [0.1, 0.15) is 0 Å².